The Morgan fingerprint density at radius 3 is 2.67 bits per heavy atom. The maximum absolute atomic E-state index is 12.9. The van der Waals surface area contributed by atoms with Crippen molar-refractivity contribution in [3.63, 3.8) is 0 Å². The molecule has 0 N–H and O–H groups in total. The summed E-state index contributed by atoms with van der Waals surface area (Å²) in [5.41, 5.74) is 2.53. The Labute approximate surface area is 205 Å². The first kappa shape index (κ1) is 24.9. The van der Waals surface area contributed by atoms with Crippen molar-refractivity contribution in [2.24, 2.45) is 0 Å². The number of ketones is 1. The summed E-state index contributed by atoms with van der Waals surface area (Å²) in [4.78, 5) is 30.6. The van der Waals surface area contributed by atoms with Crippen LogP contribution in [-0.4, -0.2) is 27.9 Å². The van der Waals surface area contributed by atoms with Gasteiger partial charge >= 0.3 is 12.1 Å². The van der Waals surface area contributed by atoms with Crippen LogP contribution in [0.5, 0.6) is 0 Å². The number of benzene rings is 2. The van der Waals surface area contributed by atoms with Crippen LogP contribution >= 0.6 is 0 Å². The maximum atomic E-state index is 12.9. The number of carbonyl (C=O) groups is 2. The number of aromatic nitrogens is 2. The van der Waals surface area contributed by atoms with Crippen molar-refractivity contribution in [2.45, 2.75) is 44.8 Å². The van der Waals surface area contributed by atoms with Gasteiger partial charge in [0.05, 0.1) is 5.69 Å². The summed E-state index contributed by atoms with van der Waals surface area (Å²) in [6, 6.07) is 13.3. The Morgan fingerprint density at radius 1 is 1.17 bits per heavy atom. The van der Waals surface area contributed by atoms with E-state index in [9.17, 15) is 22.8 Å². The van der Waals surface area contributed by atoms with Crippen LogP contribution in [0.4, 0.5) is 18.9 Å². The summed E-state index contributed by atoms with van der Waals surface area (Å²) < 4.78 is 42.4. The molecule has 0 saturated heterocycles. The lowest BCUT2D eigenvalue weighted by Crippen LogP contribution is -2.37. The molecule has 4 rings (SSSR count). The van der Waals surface area contributed by atoms with Crippen LogP contribution in [0.25, 0.3) is 17.0 Å². The van der Waals surface area contributed by atoms with Gasteiger partial charge in [-0.1, -0.05) is 67.4 Å². The van der Waals surface area contributed by atoms with E-state index in [2.05, 4.69) is 33.1 Å². The molecule has 9 heteroatoms. The zero-order valence-electron chi connectivity index (χ0n) is 19.4. The van der Waals surface area contributed by atoms with Crippen molar-refractivity contribution in [1.82, 2.24) is 10.1 Å². The fourth-order valence-corrected chi connectivity index (χ4v) is 4.12. The van der Waals surface area contributed by atoms with E-state index in [1.165, 1.54) is 24.3 Å². The standard InChI is InChI=1S/C27H22F3N3O3/c1-3-9-20(33-22-14-6-5-13-21(22)17(2)25(33)35)12-4-7-15-23(34)18-10-8-11-19(16-18)24-31-26(36-32-24)27(28,29)30/h5-6,8,10-11,13-14,16,20H,2-4,9,12H2,1H3. The third-order valence-electron chi connectivity index (χ3n) is 5.81. The second-order valence-electron chi connectivity index (χ2n) is 8.28. The van der Waals surface area contributed by atoms with Crippen LogP contribution in [0.2, 0.25) is 0 Å². The van der Waals surface area contributed by atoms with E-state index in [0.717, 1.165) is 24.1 Å². The Hall–Kier alpha value is -4.19. The smallest absolute Gasteiger partial charge is 0.329 e. The number of hydrogen-bond donors (Lipinski definition) is 0. The number of fused-ring (bicyclic) bond motifs is 1. The number of rotatable bonds is 7. The fourth-order valence-electron chi connectivity index (χ4n) is 4.12. The third kappa shape index (κ3) is 5.08. The molecule has 1 unspecified atom stereocenters. The number of halogens is 3. The first-order valence-corrected chi connectivity index (χ1v) is 11.4. The van der Waals surface area contributed by atoms with Crippen LogP contribution in [-0.2, 0) is 11.0 Å². The van der Waals surface area contributed by atoms with E-state index < -0.39 is 17.9 Å². The van der Waals surface area contributed by atoms with Crippen molar-refractivity contribution in [3.05, 3.63) is 72.1 Å². The zero-order chi connectivity index (χ0) is 25.9. The van der Waals surface area contributed by atoms with E-state index in [1.807, 2.05) is 31.2 Å². The fraction of sp³-hybridized carbons (Fsp3) is 0.259. The van der Waals surface area contributed by atoms with Crippen molar-refractivity contribution in [2.75, 3.05) is 4.90 Å². The van der Waals surface area contributed by atoms with Crippen LogP contribution in [0.3, 0.4) is 0 Å². The molecule has 0 bridgehead atoms. The molecule has 3 aromatic rings. The Kier molecular flexibility index (Phi) is 7.06. The van der Waals surface area contributed by atoms with E-state index in [4.69, 9.17) is 0 Å². The van der Waals surface area contributed by atoms with Gasteiger partial charge in [0.2, 0.25) is 11.6 Å². The van der Waals surface area contributed by atoms with E-state index in [0.29, 0.717) is 18.4 Å². The number of hydrogen-bond acceptors (Lipinski definition) is 5. The van der Waals surface area contributed by atoms with Gasteiger partial charge in [-0.15, -0.1) is 0 Å². The Bertz CT molecular complexity index is 1380. The molecule has 1 amide bonds. The van der Waals surface area contributed by atoms with Crippen LogP contribution in [0.15, 0.2) is 59.6 Å². The highest BCUT2D eigenvalue weighted by atomic mass is 19.4. The van der Waals surface area contributed by atoms with Crippen LogP contribution in [0, 0.1) is 11.8 Å². The number of para-hydroxylation sites is 1. The molecule has 0 fully saturated rings. The lowest BCUT2D eigenvalue weighted by atomic mass is 10.0. The predicted octanol–water partition coefficient (Wildman–Crippen LogP) is 5.95. The molecule has 0 radical (unpaired) electrons. The summed E-state index contributed by atoms with van der Waals surface area (Å²) in [6.07, 6.45) is -2.16. The van der Waals surface area contributed by atoms with Gasteiger partial charge < -0.3 is 9.42 Å². The molecule has 0 spiro atoms. The van der Waals surface area contributed by atoms with Crippen molar-refractivity contribution in [1.29, 1.82) is 0 Å². The summed E-state index contributed by atoms with van der Waals surface area (Å²) >= 11 is 0. The molecule has 1 aliphatic rings. The molecule has 0 saturated carbocycles. The second kappa shape index (κ2) is 10.2. The van der Waals surface area contributed by atoms with E-state index in [1.54, 1.807) is 4.90 Å². The minimum absolute atomic E-state index is 0.0864. The number of carbonyl (C=O) groups excluding carboxylic acids is 2. The summed E-state index contributed by atoms with van der Waals surface area (Å²) in [5, 5.41) is 3.34. The monoisotopic (exact) mass is 493 g/mol. The van der Waals surface area contributed by atoms with Gasteiger partial charge in [-0.25, -0.2) is 0 Å². The third-order valence-corrected chi connectivity index (χ3v) is 5.81. The van der Waals surface area contributed by atoms with Gasteiger partial charge in [0, 0.05) is 34.7 Å². The van der Waals surface area contributed by atoms with Gasteiger partial charge in [-0.05, 0) is 30.9 Å². The number of nitrogens with zero attached hydrogens (tertiary/aromatic N) is 3. The molecule has 2 heterocycles. The summed E-state index contributed by atoms with van der Waals surface area (Å²) in [7, 11) is 0. The molecular formula is C27H22F3N3O3. The largest absolute Gasteiger partial charge is 0.471 e. The minimum Gasteiger partial charge on any atom is -0.329 e. The number of amides is 1. The lowest BCUT2D eigenvalue weighted by molar-refractivity contribution is -0.159. The van der Waals surface area contributed by atoms with E-state index >= 15 is 0 Å². The van der Waals surface area contributed by atoms with Gasteiger partial charge in [0.25, 0.3) is 5.91 Å². The minimum atomic E-state index is -4.76. The van der Waals surface area contributed by atoms with Gasteiger partial charge in [0.1, 0.15) is 0 Å². The van der Waals surface area contributed by atoms with Crippen molar-refractivity contribution < 1.29 is 27.3 Å². The summed E-state index contributed by atoms with van der Waals surface area (Å²) in [5.74, 6) is 3.11. The molecule has 1 aromatic heterocycles. The van der Waals surface area contributed by atoms with Crippen molar-refractivity contribution >= 4 is 23.0 Å². The van der Waals surface area contributed by atoms with E-state index in [-0.39, 0.29) is 28.9 Å². The second-order valence-corrected chi connectivity index (χ2v) is 8.28. The van der Waals surface area contributed by atoms with Crippen molar-refractivity contribution in [3.8, 4) is 23.2 Å². The highest BCUT2D eigenvalue weighted by Crippen LogP contribution is 2.38. The topological polar surface area (TPSA) is 76.3 Å². The quantitative estimate of drug-likeness (QED) is 0.176. The average molecular weight is 493 g/mol. The maximum Gasteiger partial charge on any atom is 0.471 e. The highest BCUT2D eigenvalue weighted by Gasteiger charge is 2.38. The SMILES string of the molecule is C=C1C(=O)N(C(CCC)CCC#CC(=O)c2cccc(-c3noc(C(F)(F)F)n3)c2)c2ccccc21. The predicted molar refractivity (Wildman–Crippen MR) is 128 cm³/mol. The van der Waals surface area contributed by atoms with Gasteiger partial charge in [0.15, 0.2) is 0 Å². The van der Waals surface area contributed by atoms with Crippen LogP contribution < -0.4 is 4.90 Å². The normalized spacial score (nSPS) is 13.8. The van der Waals surface area contributed by atoms with Gasteiger partial charge in [-0.2, -0.15) is 18.2 Å². The lowest BCUT2D eigenvalue weighted by Gasteiger charge is -2.28. The molecule has 36 heavy (non-hydrogen) atoms. The molecule has 184 valence electrons. The first-order valence-electron chi connectivity index (χ1n) is 11.4. The number of anilines is 1. The Balaban J connectivity index is 1.44. The molecule has 0 aliphatic carbocycles. The first-order chi connectivity index (χ1) is 17.2. The molecule has 6 nitrogen and oxygen atoms in total. The zero-order valence-corrected chi connectivity index (χ0v) is 19.4. The molecular weight excluding hydrogens is 471 g/mol. The number of Topliss-reactive ketones (excluding diaryl/α,β-unsaturated/α-hetero) is 1. The molecule has 1 aliphatic heterocycles. The number of alkyl halides is 3. The Morgan fingerprint density at radius 2 is 1.94 bits per heavy atom. The average Bonchev–Trinajstić information content (AvgIpc) is 3.46. The molecule has 1 atom stereocenters. The van der Waals surface area contributed by atoms with Crippen LogP contribution in [0.1, 0.15) is 54.4 Å². The highest BCUT2D eigenvalue weighted by molar-refractivity contribution is 6.32. The summed E-state index contributed by atoms with van der Waals surface area (Å²) in [6.45, 7) is 5.97. The molecule has 2 aromatic carbocycles. The van der Waals surface area contributed by atoms with Gasteiger partial charge in [-0.3, -0.25) is 9.59 Å².